The molecule has 0 saturated heterocycles. The third-order valence-corrected chi connectivity index (χ3v) is 3.67. The quantitative estimate of drug-likeness (QED) is 0.0639. The number of hydrogen-bond donors (Lipinski definition) is 0. The number of phosphoric acid groups is 1. The molecule has 0 aromatic carbocycles. The summed E-state index contributed by atoms with van der Waals surface area (Å²) in [5.41, 5.74) is 0. The van der Waals surface area contributed by atoms with Gasteiger partial charge in [0.2, 0.25) is 0 Å². The first-order chi connectivity index (χ1) is 14.3. The zero-order valence-corrected chi connectivity index (χ0v) is 25.3. The van der Waals surface area contributed by atoms with Crippen LogP contribution < -0.4 is 68.9 Å². The van der Waals surface area contributed by atoms with Crippen molar-refractivity contribution in [2.75, 3.05) is 13.2 Å². The molecule has 0 radical (unpaired) electrons. The average Bonchev–Trinajstić information content (AvgIpc) is 2.68. The van der Waals surface area contributed by atoms with E-state index in [2.05, 4.69) is 58.8 Å². The maximum atomic E-state index is 11.9. The molecule has 0 N–H and O–H groups in total. The minimum absolute atomic E-state index is 0. The van der Waals surface area contributed by atoms with E-state index >= 15 is 0 Å². The Labute approximate surface area is 257 Å². The average molecular weight is 529 g/mol. The molecule has 0 aliphatic heterocycles. The van der Waals surface area contributed by atoms with Crippen LogP contribution in [0.2, 0.25) is 0 Å². The molecule has 0 bridgehead atoms. The molecule has 0 fully saturated rings. The second kappa shape index (κ2) is 26.2. The Morgan fingerprint density at radius 3 is 2.09 bits per heavy atom. The van der Waals surface area contributed by atoms with Crippen molar-refractivity contribution < 1.29 is 107 Å². The van der Waals surface area contributed by atoms with Gasteiger partial charge in [0.05, 0.1) is 14.4 Å². The van der Waals surface area contributed by atoms with Gasteiger partial charge in [-0.1, -0.05) is 38.5 Å². The molecule has 0 heterocycles. The first-order valence-electron chi connectivity index (χ1n) is 9.24. The van der Waals surface area contributed by atoms with Gasteiger partial charge in [-0.2, -0.15) is 13.5 Å². The number of carbonyl (C=O) groups excluding carboxylic acids is 2. The topological polar surface area (TPSA) is 125 Å². The molecule has 0 rings (SSSR count). The van der Waals surface area contributed by atoms with E-state index in [1.165, 1.54) is 0 Å². The second-order valence-electron chi connectivity index (χ2n) is 5.74. The monoisotopic (exact) mass is 528 g/mol. The summed E-state index contributed by atoms with van der Waals surface area (Å²) in [5, 5.41) is 0. The van der Waals surface area contributed by atoms with E-state index in [-0.39, 0.29) is 89.0 Å². The molecule has 184 valence electrons. The molecular formula is C21H39Na2O8PS. The van der Waals surface area contributed by atoms with Crippen molar-refractivity contribution in [2.24, 2.45) is 0 Å². The summed E-state index contributed by atoms with van der Waals surface area (Å²) in [7, 11) is -5.28. The fourth-order valence-corrected chi connectivity index (χ4v) is 2.23. The van der Waals surface area contributed by atoms with Gasteiger partial charge in [-0.25, -0.2) is 4.79 Å². The summed E-state index contributed by atoms with van der Waals surface area (Å²) in [6.07, 6.45) is 3.41. The van der Waals surface area contributed by atoms with E-state index in [9.17, 15) is 23.9 Å². The Morgan fingerprint density at radius 2 is 1.52 bits per heavy atom. The third kappa shape index (κ3) is 29.6. The maximum Gasteiger partial charge on any atom is 1.00 e. The van der Waals surface area contributed by atoms with Crippen LogP contribution in [0.5, 0.6) is 0 Å². The largest absolute Gasteiger partial charge is 1.00 e. The van der Waals surface area contributed by atoms with Gasteiger partial charge in [0.15, 0.2) is 6.10 Å². The smallest absolute Gasteiger partial charge is 0.790 e. The number of hydrogen-bond acceptors (Lipinski definition) is 8. The Kier molecular flexibility index (Phi) is 31.7. The van der Waals surface area contributed by atoms with Crippen molar-refractivity contribution >= 4 is 33.3 Å². The summed E-state index contributed by atoms with van der Waals surface area (Å²) in [6, 6.07) is 0. The molecule has 0 aliphatic carbocycles. The summed E-state index contributed by atoms with van der Waals surface area (Å²) < 4.78 is 24.6. The molecule has 12 heteroatoms. The zero-order chi connectivity index (χ0) is 22.7. The van der Waals surface area contributed by atoms with E-state index < -0.39 is 39.1 Å². The number of ether oxygens (including phenoxy) is 2. The fraction of sp³-hybridized carbons (Fsp3) is 0.524. The fourth-order valence-electron chi connectivity index (χ4n) is 1.88. The summed E-state index contributed by atoms with van der Waals surface area (Å²) >= 11 is 0. The maximum absolute atomic E-state index is 11.9. The number of phosphoric ester groups is 1. The van der Waals surface area contributed by atoms with Crippen LogP contribution in [0.4, 0.5) is 0 Å². The van der Waals surface area contributed by atoms with E-state index in [0.29, 0.717) is 6.42 Å². The van der Waals surface area contributed by atoms with Crippen LogP contribution >= 0.6 is 21.3 Å². The second-order valence-corrected chi connectivity index (χ2v) is 6.90. The molecule has 0 aromatic rings. The van der Waals surface area contributed by atoms with Gasteiger partial charge in [0.25, 0.3) is 0 Å². The van der Waals surface area contributed by atoms with Crippen molar-refractivity contribution in [2.45, 2.75) is 58.5 Å². The predicted molar refractivity (Wildman–Crippen MR) is 130 cm³/mol. The van der Waals surface area contributed by atoms with E-state index in [0.717, 1.165) is 25.7 Å². The van der Waals surface area contributed by atoms with Gasteiger partial charge in [-0.05, 0) is 48.9 Å². The Hall–Kier alpha value is -0.360. The van der Waals surface area contributed by atoms with Gasteiger partial charge < -0.3 is 28.3 Å². The molecule has 0 aromatic heterocycles. The normalized spacial score (nSPS) is 9.45. The first-order valence-corrected chi connectivity index (χ1v) is 10.7. The Balaban J connectivity index is -0.0000000934. The number of carbonyl (C=O) groups is 2. The van der Waals surface area contributed by atoms with Crippen LogP contribution in [0.15, 0.2) is 0 Å². The molecule has 0 spiro atoms. The molecule has 1 atom stereocenters. The van der Waals surface area contributed by atoms with Crippen molar-refractivity contribution in [3.8, 4) is 47.4 Å². The predicted octanol–water partition coefficient (Wildman–Crippen LogP) is -3.48. The first kappa shape index (κ1) is 39.8. The van der Waals surface area contributed by atoms with E-state index in [1.54, 1.807) is 6.92 Å². The number of unbranched alkanes of at least 4 members (excludes halogenated alkanes) is 4. The third-order valence-electron chi connectivity index (χ3n) is 3.20. The Morgan fingerprint density at radius 1 is 0.939 bits per heavy atom. The van der Waals surface area contributed by atoms with Crippen molar-refractivity contribution in [1.82, 2.24) is 0 Å². The van der Waals surface area contributed by atoms with Crippen molar-refractivity contribution in [3.05, 3.63) is 0 Å². The van der Waals surface area contributed by atoms with Crippen LogP contribution in [0.3, 0.4) is 0 Å². The summed E-state index contributed by atoms with van der Waals surface area (Å²) in [6.45, 7) is 2.39. The molecule has 0 amide bonds. The molecule has 0 unspecified atom stereocenters. The number of rotatable bonds is 12. The molecule has 0 aliphatic rings. The van der Waals surface area contributed by atoms with E-state index in [4.69, 9.17) is 9.47 Å². The van der Waals surface area contributed by atoms with Crippen molar-refractivity contribution in [3.63, 3.8) is 0 Å². The minimum atomic E-state index is -5.28. The van der Waals surface area contributed by atoms with E-state index in [1.807, 2.05) is 0 Å². The molecule has 0 saturated carbocycles. The van der Waals surface area contributed by atoms with Gasteiger partial charge >= 0.3 is 71.1 Å². The van der Waals surface area contributed by atoms with Crippen LogP contribution in [0.1, 0.15) is 62.4 Å². The van der Waals surface area contributed by atoms with Crippen LogP contribution in [0, 0.1) is 47.4 Å². The molecule has 33 heavy (non-hydrogen) atoms. The number of esters is 2. The van der Waals surface area contributed by atoms with Gasteiger partial charge in [0.1, 0.15) is 6.61 Å². The van der Waals surface area contributed by atoms with Crippen LogP contribution in [-0.2, 0) is 28.2 Å². The summed E-state index contributed by atoms with van der Waals surface area (Å²) in [4.78, 5) is 44.7. The zero-order valence-electron chi connectivity index (χ0n) is 19.4. The molecule has 8 nitrogen and oxygen atoms in total. The van der Waals surface area contributed by atoms with Gasteiger partial charge in [-0.15, -0.1) is 0 Å². The van der Waals surface area contributed by atoms with Gasteiger partial charge in [0, 0.05) is 22.3 Å². The van der Waals surface area contributed by atoms with Crippen LogP contribution in [-0.4, -0.2) is 31.3 Å². The van der Waals surface area contributed by atoms with Gasteiger partial charge in [-0.3, -0.25) is 4.79 Å². The van der Waals surface area contributed by atoms with Crippen molar-refractivity contribution in [1.29, 1.82) is 0 Å². The standard InChI is InChI=1S/C21H25O8P.2Na.H2S.7H2/c1-3-5-7-9-10-12-13-15-20(22)27-17-19(18-28-30(24,25)26)29-21(23)16-14-11-8-6-4-2;;;;;;;;;;/h19H,4,6,8,11,14,16-18H2,1-2H3,(H2,24,25,26);;;1H2;7*1H/q;2*+1;;;;;;;;/p-2/t19-;;;;;;;;;;/m0........../s1. The Bertz CT molecular complexity index is 886. The minimum Gasteiger partial charge on any atom is -0.790 e. The summed E-state index contributed by atoms with van der Waals surface area (Å²) in [5.74, 6) is 17.1. The molecular weight excluding hydrogens is 489 g/mol. The SMILES string of the molecule is CC#CC#CC#CC#CC(=O)OC[C@@H](COP(=O)([O-])[O-])OC(=O)CCCCCCC.S.[HH].[HH].[HH].[HH].[HH].[HH].[HH].[Na+].[Na+]. The van der Waals surface area contributed by atoms with Crippen LogP contribution in [0.25, 0.3) is 0 Å².